The van der Waals surface area contributed by atoms with E-state index >= 15 is 0 Å². The average molecular weight is 299 g/mol. The van der Waals surface area contributed by atoms with E-state index in [-0.39, 0.29) is 5.41 Å². The topological polar surface area (TPSA) is 50.6 Å². The molecule has 0 saturated carbocycles. The number of aryl methyl sites for hydroxylation is 2. The summed E-state index contributed by atoms with van der Waals surface area (Å²) in [5.74, 6) is 0. The van der Waals surface area contributed by atoms with E-state index in [2.05, 4.69) is 32.7 Å². The molecule has 114 valence electrons. The quantitative estimate of drug-likeness (QED) is 0.814. The molecule has 0 unspecified atom stereocenters. The van der Waals surface area contributed by atoms with Gasteiger partial charge in [0.2, 0.25) is 10.0 Å². The highest BCUT2D eigenvalue weighted by Crippen LogP contribution is 2.18. The summed E-state index contributed by atoms with van der Waals surface area (Å²) in [4.78, 5) is 1.68. The predicted molar refractivity (Wildman–Crippen MR) is 82.6 cm³/mol. The summed E-state index contributed by atoms with van der Waals surface area (Å²) in [6, 6.07) is 5.40. The number of quaternary nitrogens is 1. The van der Waals surface area contributed by atoms with Crippen LogP contribution < -0.4 is 9.62 Å². The summed E-state index contributed by atoms with van der Waals surface area (Å²) >= 11 is 0. The van der Waals surface area contributed by atoms with Crippen molar-refractivity contribution in [3.8, 4) is 0 Å². The highest BCUT2D eigenvalue weighted by Gasteiger charge is 2.25. The van der Waals surface area contributed by atoms with Crippen LogP contribution in [0.15, 0.2) is 23.1 Å². The third kappa shape index (κ3) is 4.89. The van der Waals surface area contributed by atoms with Crippen molar-refractivity contribution in [2.24, 2.45) is 5.41 Å². The lowest BCUT2D eigenvalue weighted by molar-refractivity contribution is -0.865. The van der Waals surface area contributed by atoms with Gasteiger partial charge in [0.05, 0.1) is 25.5 Å². The third-order valence-corrected chi connectivity index (χ3v) is 4.75. The molecule has 0 bridgehead atoms. The highest BCUT2D eigenvalue weighted by atomic mass is 32.2. The van der Waals surface area contributed by atoms with Crippen LogP contribution in [0, 0.1) is 19.3 Å². The SMILES string of the molecule is Cc1ccc(S(=O)(=O)NCC(C)(C)C[NH+](C)C)c(C)c1. The van der Waals surface area contributed by atoms with Crippen LogP contribution in [-0.4, -0.2) is 35.6 Å². The lowest BCUT2D eigenvalue weighted by atomic mass is 9.93. The number of nitrogens with one attached hydrogen (secondary N) is 2. The van der Waals surface area contributed by atoms with Crippen LogP contribution in [0.4, 0.5) is 0 Å². The summed E-state index contributed by atoms with van der Waals surface area (Å²) in [7, 11) is 0.704. The van der Waals surface area contributed by atoms with E-state index in [1.807, 2.05) is 26.0 Å². The highest BCUT2D eigenvalue weighted by molar-refractivity contribution is 7.89. The first-order valence-electron chi connectivity index (χ1n) is 6.89. The number of benzene rings is 1. The second-order valence-electron chi connectivity index (χ2n) is 6.64. The normalized spacial score (nSPS) is 12.9. The summed E-state index contributed by atoms with van der Waals surface area (Å²) < 4.78 is 27.5. The van der Waals surface area contributed by atoms with Crippen LogP contribution >= 0.6 is 0 Å². The molecule has 0 atom stereocenters. The molecule has 0 aliphatic heterocycles. The van der Waals surface area contributed by atoms with Gasteiger partial charge < -0.3 is 4.90 Å². The summed E-state index contributed by atoms with van der Waals surface area (Å²) in [6.07, 6.45) is 0. The van der Waals surface area contributed by atoms with E-state index in [4.69, 9.17) is 0 Å². The fourth-order valence-corrected chi connectivity index (χ4v) is 3.95. The molecule has 1 aromatic carbocycles. The van der Waals surface area contributed by atoms with Crippen molar-refractivity contribution < 1.29 is 13.3 Å². The number of rotatable bonds is 6. The van der Waals surface area contributed by atoms with Crippen molar-refractivity contribution in [1.29, 1.82) is 0 Å². The maximum absolute atomic E-state index is 12.4. The van der Waals surface area contributed by atoms with E-state index in [1.165, 1.54) is 4.90 Å². The van der Waals surface area contributed by atoms with Crippen molar-refractivity contribution in [1.82, 2.24) is 4.72 Å². The first-order chi connectivity index (χ1) is 9.03. The van der Waals surface area contributed by atoms with Crippen molar-refractivity contribution in [3.63, 3.8) is 0 Å². The summed E-state index contributed by atoms with van der Waals surface area (Å²) in [5.41, 5.74) is 1.77. The first-order valence-corrected chi connectivity index (χ1v) is 8.38. The van der Waals surface area contributed by atoms with Crippen molar-refractivity contribution in [2.75, 3.05) is 27.2 Å². The van der Waals surface area contributed by atoms with Gasteiger partial charge in [0.25, 0.3) is 0 Å². The monoisotopic (exact) mass is 299 g/mol. The fourth-order valence-electron chi connectivity index (χ4n) is 2.49. The van der Waals surface area contributed by atoms with Gasteiger partial charge in [-0.2, -0.15) is 0 Å². The second-order valence-corrected chi connectivity index (χ2v) is 8.38. The number of sulfonamides is 1. The number of hydrogen-bond acceptors (Lipinski definition) is 2. The molecule has 0 heterocycles. The Morgan fingerprint density at radius 3 is 2.30 bits per heavy atom. The minimum Gasteiger partial charge on any atom is -0.339 e. The third-order valence-electron chi connectivity index (χ3n) is 3.19. The molecule has 0 aliphatic carbocycles. The molecule has 0 aromatic heterocycles. The van der Waals surface area contributed by atoms with Crippen molar-refractivity contribution in [3.05, 3.63) is 29.3 Å². The van der Waals surface area contributed by atoms with E-state index < -0.39 is 10.0 Å². The standard InChI is InChI=1S/C15H26N2O2S/c1-12-7-8-14(13(2)9-12)20(18,19)16-10-15(3,4)11-17(5)6/h7-9,16H,10-11H2,1-6H3/p+1. The van der Waals surface area contributed by atoms with Gasteiger partial charge in [0.15, 0.2) is 0 Å². The lowest BCUT2D eigenvalue weighted by Crippen LogP contribution is -3.07. The van der Waals surface area contributed by atoms with Crippen LogP contribution in [0.5, 0.6) is 0 Å². The molecule has 0 spiro atoms. The van der Waals surface area contributed by atoms with Crippen LogP contribution in [0.2, 0.25) is 0 Å². The lowest BCUT2D eigenvalue weighted by Gasteiger charge is -2.26. The Morgan fingerprint density at radius 1 is 1.20 bits per heavy atom. The van der Waals surface area contributed by atoms with E-state index in [0.717, 1.165) is 17.7 Å². The van der Waals surface area contributed by atoms with Crippen LogP contribution in [-0.2, 0) is 10.0 Å². The molecule has 2 N–H and O–H groups in total. The average Bonchev–Trinajstić information content (AvgIpc) is 2.24. The van der Waals surface area contributed by atoms with Gasteiger partial charge in [-0.15, -0.1) is 0 Å². The zero-order valence-electron chi connectivity index (χ0n) is 13.4. The zero-order valence-corrected chi connectivity index (χ0v) is 14.2. The Morgan fingerprint density at radius 2 is 1.80 bits per heavy atom. The molecule has 5 heteroatoms. The fraction of sp³-hybridized carbons (Fsp3) is 0.600. The minimum absolute atomic E-state index is 0.0789. The maximum atomic E-state index is 12.4. The molecular formula is C15H27N2O2S+. The Bertz CT molecular complexity index is 563. The van der Waals surface area contributed by atoms with Crippen molar-refractivity contribution in [2.45, 2.75) is 32.6 Å². The minimum atomic E-state index is -3.44. The first kappa shape index (κ1) is 17.1. The molecule has 0 aliphatic rings. The Balaban J connectivity index is 2.85. The molecule has 0 radical (unpaired) electrons. The van der Waals surface area contributed by atoms with E-state index in [9.17, 15) is 8.42 Å². The second kappa shape index (κ2) is 6.24. The van der Waals surface area contributed by atoms with Gasteiger partial charge in [-0.3, -0.25) is 0 Å². The van der Waals surface area contributed by atoms with Gasteiger partial charge in [-0.1, -0.05) is 31.5 Å². The van der Waals surface area contributed by atoms with E-state index in [1.54, 1.807) is 6.07 Å². The molecule has 0 saturated heterocycles. The van der Waals surface area contributed by atoms with Gasteiger partial charge in [-0.05, 0) is 25.5 Å². The molecule has 0 amide bonds. The Hall–Kier alpha value is -0.910. The largest absolute Gasteiger partial charge is 0.339 e. The Kier molecular flexibility index (Phi) is 5.35. The molecular weight excluding hydrogens is 272 g/mol. The molecule has 1 aromatic rings. The van der Waals surface area contributed by atoms with E-state index in [0.29, 0.717) is 11.4 Å². The van der Waals surface area contributed by atoms with Gasteiger partial charge in [0, 0.05) is 12.0 Å². The zero-order chi connectivity index (χ0) is 15.6. The van der Waals surface area contributed by atoms with Crippen LogP contribution in [0.3, 0.4) is 0 Å². The summed E-state index contributed by atoms with van der Waals surface area (Å²) in [6.45, 7) is 9.28. The van der Waals surface area contributed by atoms with Crippen LogP contribution in [0.25, 0.3) is 0 Å². The van der Waals surface area contributed by atoms with Crippen LogP contribution in [0.1, 0.15) is 25.0 Å². The van der Waals surface area contributed by atoms with Gasteiger partial charge >= 0.3 is 0 Å². The maximum Gasteiger partial charge on any atom is 0.240 e. The molecule has 1 rings (SSSR count). The number of hydrogen-bond donors (Lipinski definition) is 2. The van der Waals surface area contributed by atoms with Gasteiger partial charge in [0.1, 0.15) is 0 Å². The summed E-state index contributed by atoms with van der Waals surface area (Å²) in [5, 5.41) is 0. The van der Waals surface area contributed by atoms with Crippen molar-refractivity contribution >= 4 is 10.0 Å². The Labute approximate surface area is 123 Å². The molecule has 20 heavy (non-hydrogen) atoms. The smallest absolute Gasteiger partial charge is 0.240 e. The predicted octanol–water partition coefficient (Wildman–Crippen LogP) is 0.752. The molecule has 4 nitrogen and oxygen atoms in total. The van der Waals surface area contributed by atoms with Gasteiger partial charge in [-0.25, -0.2) is 13.1 Å². The molecule has 0 fully saturated rings.